The molecular weight excluding hydrogens is 416 g/mol. The summed E-state index contributed by atoms with van der Waals surface area (Å²) in [5.41, 5.74) is -0.162. The topological polar surface area (TPSA) is 98.0 Å². The highest BCUT2D eigenvalue weighted by molar-refractivity contribution is 5.83. The SMILES string of the molecule is CC(C)[C@@H](C)[C@@H](O)[C@H](O)[C@@H](C)[C@H]1CC[C@H]2[C@H]3CC(=O)[C@H]4C[C@H](O)[C@H](O)C[C@]4(C)[C@@H]3CC[C@]12C. The Morgan fingerprint density at radius 1 is 0.879 bits per heavy atom. The van der Waals surface area contributed by atoms with Gasteiger partial charge in [-0.2, -0.15) is 0 Å². The Kier molecular flexibility index (Phi) is 6.88. The van der Waals surface area contributed by atoms with Crippen molar-refractivity contribution < 1.29 is 25.2 Å². The van der Waals surface area contributed by atoms with Gasteiger partial charge in [0.15, 0.2) is 0 Å². The van der Waals surface area contributed by atoms with E-state index >= 15 is 0 Å². The molecule has 0 bridgehead atoms. The third-order valence-corrected chi connectivity index (χ3v) is 11.7. The van der Waals surface area contributed by atoms with Crippen LogP contribution in [0.25, 0.3) is 0 Å². The summed E-state index contributed by atoms with van der Waals surface area (Å²) in [5.74, 6) is 2.05. The van der Waals surface area contributed by atoms with Crippen LogP contribution in [-0.4, -0.2) is 50.6 Å². The molecule has 4 rings (SSSR count). The van der Waals surface area contributed by atoms with Gasteiger partial charge < -0.3 is 20.4 Å². The van der Waals surface area contributed by atoms with Crippen LogP contribution in [0.15, 0.2) is 0 Å². The second-order valence-corrected chi connectivity index (χ2v) is 13.4. The van der Waals surface area contributed by atoms with Crippen LogP contribution < -0.4 is 0 Å². The molecule has 0 amide bonds. The van der Waals surface area contributed by atoms with E-state index in [0.717, 1.165) is 25.7 Å². The van der Waals surface area contributed by atoms with Gasteiger partial charge in [0.05, 0.1) is 24.4 Å². The predicted octanol–water partition coefficient (Wildman–Crippen LogP) is 3.81. The van der Waals surface area contributed by atoms with Gasteiger partial charge in [-0.25, -0.2) is 0 Å². The second kappa shape index (κ2) is 8.87. The minimum Gasteiger partial charge on any atom is -0.390 e. The Labute approximate surface area is 200 Å². The van der Waals surface area contributed by atoms with E-state index in [4.69, 9.17) is 0 Å². The Bertz CT molecular complexity index is 738. The lowest BCUT2D eigenvalue weighted by Crippen LogP contribution is -2.59. The molecule has 0 saturated heterocycles. The molecule has 0 aromatic carbocycles. The molecule has 4 aliphatic rings. The van der Waals surface area contributed by atoms with E-state index in [0.29, 0.717) is 48.9 Å². The lowest BCUT2D eigenvalue weighted by Gasteiger charge is -2.61. The lowest BCUT2D eigenvalue weighted by molar-refractivity contribution is -0.175. The number of aliphatic hydroxyl groups is 4. The van der Waals surface area contributed by atoms with Crippen LogP contribution in [0.3, 0.4) is 0 Å². The molecule has 0 radical (unpaired) electrons. The number of rotatable bonds is 5. The fourth-order valence-corrected chi connectivity index (χ4v) is 9.23. The van der Waals surface area contributed by atoms with Crippen molar-refractivity contribution in [3.63, 3.8) is 0 Å². The number of Topliss-reactive ketones (excluding diaryl/α,β-unsaturated/α-hetero) is 1. The molecule has 33 heavy (non-hydrogen) atoms. The van der Waals surface area contributed by atoms with Crippen molar-refractivity contribution in [3.05, 3.63) is 0 Å². The summed E-state index contributed by atoms with van der Waals surface area (Å²) in [6.07, 6.45) is 2.80. The summed E-state index contributed by atoms with van der Waals surface area (Å²) < 4.78 is 0. The summed E-state index contributed by atoms with van der Waals surface area (Å²) in [5, 5.41) is 42.8. The van der Waals surface area contributed by atoms with Gasteiger partial charge in [0.25, 0.3) is 0 Å². The number of fused-ring (bicyclic) bond motifs is 5. The van der Waals surface area contributed by atoms with Gasteiger partial charge in [-0.05, 0) is 90.8 Å². The number of hydrogen-bond acceptors (Lipinski definition) is 5. The smallest absolute Gasteiger partial charge is 0.136 e. The van der Waals surface area contributed by atoms with Crippen LogP contribution in [0.2, 0.25) is 0 Å². The van der Waals surface area contributed by atoms with Gasteiger partial charge in [0, 0.05) is 12.3 Å². The van der Waals surface area contributed by atoms with E-state index in [2.05, 4.69) is 34.6 Å². The zero-order valence-electron chi connectivity index (χ0n) is 21.6. The van der Waals surface area contributed by atoms with E-state index < -0.39 is 24.4 Å². The quantitative estimate of drug-likeness (QED) is 0.496. The minimum absolute atomic E-state index is 0.0158. The standard InChI is InChI=1S/C28H48O5/c1-14(2)15(3)25(32)26(33)16(4)18-7-8-19-17-11-22(29)21-12-23(30)24(31)13-28(21,6)20(17)9-10-27(18,19)5/h14-21,23-26,30-33H,7-13H2,1-6H3/t15-,16+,17-,18-,19+,20-,21-,23+,24-,25-,26-,27-,28-/m1/s1. The number of aliphatic hydroxyl groups excluding tert-OH is 4. The molecule has 0 heterocycles. The fourth-order valence-electron chi connectivity index (χ4n) is 9.23. The van der Waals surface area contributed by atoms with Gasteiger partial charge in [-0.1, -0.05) is 41.5 Å². The number of hydrogen-bond donors (Lipinski definition) is 4. The number of ketones is 1. The normalized spacial score (nSPS) is 49.1. The maximum Gasteiger partial charge on any atom is 0.136 e. The Morgan fingerprint density at radius 2 is 1.52 bits per heavy atom. The summed E-state index contributed by atoms with van der Waals surface area (Å²) in [6.45, 7) is 12.9. The van der Waals surface area contributed by atoms with Crippen molar-refractivity contribution in [2.45, 2.75) is 111 Å². The molecule has 0 aromatic heterocycles. The number of carbonyl (C=O) groups excluding carboxylic acids is 1. The van der Waals surface area contributed by atoms with Crippen molar-refractivity contribution in [3.8, 4) is 0 Å². The van der Waals surface area contributed by atoms with E-state index in [-0.39, 0.29) is 34.4 Å². The van der Waals surface area contributed by atoms with Crippen molar-refractivity contribution in [1.82, 2.24) is 0 Å². The maximum absolute atomic E-state index is 13.3. The molecule has 190 valence electrons. The third kappa shape index (κ3) is 3.93. The Hall–Kier alpha value is -0.490. The molecule has 13 atom stereocenters. The van der Waals surface area contributed by atoms with Gasteiger partial charge in [0.1, 0.15) is 5.78 Å². The van der Waals surface area contributed by atoms with Gasteiger partial charge in [-0.15, -0.1) is 0 Å². The third-order valence-electron chi connectivity index (χ3n) is 11.7. The molecule has 5 nitrogen and oxygen atoms in total. The highest BCUT2D eigenvalue weighted by Crippen LogP contribution is 2.67. The largest absolute Gasteiger partial charge is 0.390 e. The van der Waals surface area contributed by atoms with Crippen molar-refractivity contribution in [2.75, 3.05) is 0 Å². The van der Waals surface area contributed by atoms with E-state index in [9.17, 15) is 25.2 Å². The first-order valence-corrected chi connectivity index (χ1v) is 13.6. The van der Waals surface area contributed by atoms with Crippen LogP contribution in [-0.2, 0) is 4.79 Å². The maximum atomic E-state index is 13.3. The minimum atomic E-state index is -0.782. The van der Waals surface area contributed by atoms with Crippen LogP contribution >= 0.6 is 0 Å². The zero-order valence-corrected chi connectivity index (χ0v) is 21.6. The first-order valence-electron chi connectivity index (χ1n) is 13.6. The van der Waals surface area contributed by atoms with Crippen LogP contribution in [0.5, 0.6) is 0 Å². The molecular formula is C28H48O5. The van der Waals surface area contributed by atoms with E-state index in [1.54, 1.807) is 0 Å². The first-order chi connectivity index (χ1) is 15.3. The summed E-state index contributed by atoms with van der Waals surface area (Å²) in [6, 6.07) is 0. The van der Waals surface area contributed by atoms with Gasteiger partial charge in [0.2, 0.25) is 0 Å². The molecule has 4 fully saturated rings. The molecule has 4 aliphatic carbocycles. The predicted molar refractivity (Wildman–Crippen MR) is 128 cm³/mol. The molecule has 5 heteroatoms. The molecule has 0 aromatic rings. The van der Waals surface area contributed by atoms with Crippen molar-refractivity contribution >= 4 is 5.78 Å². The lowest BCUT2D eigenvalue weighted by atomic mass is 9.44. The monoisotopic (exact) mass is 464 g/mol. The van der Waals surface area contributed by atoms with Crippen molar-refractivity contribution in [2.24, 2.45) is 58.2 Å². The molecule has 0 aliphatic heterocycles. The second-order valence-electron chi connectivity index (χ2n) is 13.4. The summed E-state index contributed by atoms with van der Waals surface area (Å²) in [4.78, 5) is 13.3. The van der Waals surface area contributed by atoms with Crippen LogP contribution in [0.4, 0.5) is 0 Å². The fraction of sp³-hybridized carbons (Fsp3) is 0.964. The highest BCUT2D eigenvalue weighted by atomic mass is 16.3. The van der Waals surface area contributed by atoms with E-state index in [1.165, 1.54) is 0 Å². The van der Waals surface area contributed by atoms with Crippen LogP contribution in [0.1, 0.15) is 86.5 Å². The van der Waals surface area contributed by atoms with Gasteiger partial charge in [-0.3, -0.25) is 4.79 Å². The van der Waals surface area contributed by atoms with Gasteiger partial charge >= 0.3 is 0 Å². The average molecular weight is 465 g/mol. The zero-order chi connectivity index (χ0) is 24.5. The Balaban J connectivity index is 1.56. The van der Waals surface area contributed by atoms with Crippen LogP contribution in [0, 0.1) is 58.2 Å². The Morgan fingerprint density at radius 3 is 2.15 bits per heavy atom. The molecule has 4 saturated carbocycles. The molecule has 4 N–H and O–H groups in total. The number of carbonyl (C=O) groups is 1. The summed E-state index contributed by atoms with van der Waals surface area (Å²) >= 11 is 0. The average Bonchev–Trinajstić information content (AvgIpc) is 3.10. The van der Waals surface area contributed by atoms with Crippen molar-refractivity contribution in [1.29, 1.82) is 0 Å². The highest BCUT2D eigenvalue weighted by Gasteiger charge is 2.63. The molecule has 0 spiro atoms. The summed E-state index contributed by atoms with van der Waals surface area (Å²) in [7, 11) is 0. The van der Waals surface area contributed by atoms with E-state index in [1.807, 2.05) is 6.92 Å². The molecule has 0 unspecified atom stereocenters. The first kappa shape index (κ1) is 25.6.